The molecule has 2 N–H and O–H groups in total. The molecule has 0 spiro atoms. The summed E-state index contributed by atoms with van der Waals surface area (Å²) in [6.07, 6.45) is 15.2. The van der Waals surface area contributed by atoms with Crippen LogP contribution < -0.4 is 5.73 Å². The fraction of sp³-hybridized carbons (Fsp3) is 0.857. The molecule has 0 saturated heterocycles. The third kappa shape index (κ3) is 11.5. The van der Waals surface area contributed by atoms with Gasteiger partial charge in [-0.3, -0.25) is 0 Å². The third-order valence-electron chi connectivity index (χ3n) is 2.76. The fourth-order valence-electron chi connectivity index (χ4n) is 1.72. The average Bonchev–Trinajstić information content (AvgIpc) is 2.25. The maximum absolute atomic E-state index is 5.88. The second-order valence-corrected chi connectivity index (χ2v) is 4.44. The topological polar surface area (TPSA) is 26.0 Å². The molecule has 15 heavy (non-hydrogen) atoms. The standard InChI is InChI=1S/C14H29N/c1-3-5-7-8-9-10-11-13-14(15)12-6-4-2/h12H,3-11,13,15H2,1-2H3/b14-12+. The van der Waals surface area contributed by atoms with E-state index in [4.69, 9.17) is 5.73 Å². The second kappa shape index (κ2) is 11.6. The van der Waals surface area contributed by atoms with Crippen LogP contribution in [0.5, 0.6) is 0 Å². The van der Waals surface area contributed by atoms with Crippen molar-refractivity contribution in [3.05, 3.63) is 11.8 Å². The number of nitrogens with two attached hydrogens (primary N) is 1. The summed E-state index contributed by atoms with van der Waals surface area (Å²) in [7, 11) is 0. The van der Waals surface area contributed by atoms with Crippen molar-refractivity contribution in [2.75, 3.05) is 0 Å². The minimum absolute atomic E-state index is 1.10. The van der Waals surface area contributed by atoms with Crippen LogP contribution in [0.25, 0.3) is 0 Å². The molecule has 0 aromatic carbocycles. The van der Waals surface area contributed by atoms with E-state index >= 15 is 0 Å². The Kier molecular flexibility index (Phi) is 11.3. The quantitative estimate of drug-likeness (QED) is 0.517. The summed E-state index contributed by atoms with van der Waals surface area (Å²) in [5, 5.41) is 0. The second-order valence-electron chi connectivity index (χ2n) is 4.44. The van der Waals surface area contributed by atoms with Gasteiger partial charge in [0.05, 0.1) is 0 Å². The lowest BCUT2D eigenvalue weighted by Crippen LogP contribution is -1.96. The first-order valence-electron chi connectivity index (χ1n) is 6.75. The molecule has 1 nitrogen and oxygen atoms in total. The summed E-state index contributed by atoms with van der Waals surface area (Å²) in [4.78, 5) is 0. The minimum atomic E-state index is 1.10. The van der Waals surface area contributed by atoms with Crippen molar-refractivity contribution >= 4 is 0 Å². The summed E-state index contributed by atoms with van der Waals surface area (Å²) in [5.41, 5.74) is 6.99. The highest BCUT2D eigenvalue weighted by Gasteiger charge is 1.93. The van der Waals surface area contributed by atoms with Crippen molar-refractivity contribution in [1.82, 2.24) is 0 Å². The van der Waals surface area contributed by atoms with Crippen LogP contribution in [-0.4, -0.2) is 0 Å². The summed E-state index contributed by atoms with van der Waals surface area (Å²) in [5.74, 6) is 0. The van der Waals surface area contributed by atoms with Crippen molar-refractivity contribution in [3.8, 4) is 0 Å². The van der Waals surface area contributed by atoms with E-state index in [-0.39, 0.29) is 0 Å². The van der Waals surface area contributed by atoms with Gasteiger partial charge >= 0.3 is 0 Å². The smallest absolute Gasteiger partial charge is 0.00399 e. The largest absolute Gasteiger partial charge is 0.402 e. The fourth-order valence-corrected chi connectivity index (χ4v) is 1.72. The monoisotopic (exact) mass is 211 g/mol. The molecule has 0 aromatic rings. The Labute approximate surface area is 96.1 Å². The van der Waals surface area contributed by atoms with Crippen LogP contribution in [0.4, 0.5) is 0 Å². The lowest BCUT2D eigenvalue weighted by molar-refractivity contribution is 0.587. The molecule has 0 bridgehead atoms. The van der Waals surface area contributed by atoms with Crippen molar-refractivity contribution in [1.29, 1.82) is 0 Å². The Morgan fingerprint density at radius 3 is 2.07 bits per heavy atom. The van der Waals surface area contributed by atoms with Gasteiger partial charge in [-0.05, 0) is 19.3 Å². The van der Waals surface area contributed by atoms with Gasteiger partial charge in [0, 0.05) is 5.70 Å². The minimum Gasteiger partial charge on any atom is -0.402 e. The summed E-state index contributed by atoms with van der Waals surface area (Å²) < 4.78 is 0. The zero-order chi connectivity index (χ0) is 11.4. The Morgan fingerprint density at radius 1 is 0.867 bits per heavy atom. The Balaban J connectivity index is 3.16. The molecule has 0 fully saturated rings. The Hall–Kier alpha value is -0.460. The van der Waals surface area contributed by atoms with Crippen LogP contribution in [0.15, 0.2) is 11.8 Å². The molecular formula is C14H29N. The highest BCUT2D eigenvalue weighted by atomic mass is 14.6. The molecule has 0 aliphatic heterocycles. The van der Waals surface area contributed by atoms with Crippen molar-refractivity contribution in [2.45, 2.75) is 78.1 Å². The van der Waals surface area contributed by atoms with Crippen LogP contribution in [0.1, 0.15) is 78.1 Å². The number of hydrogen-bond acceptors (Lipinski definition) is 1. The van der Waals surface area contributed by atoms with Gasteiger partial charge in [0.1, 0.15) is 0 Å². The molecule has 0 aliphatic rings. The number of hydrogen-bond donors (Lipinski definition) is 1. The van der Waals surface area contributed by atoms with Gasteiger partial charge in [-0.1, -0.05) is 64.9 Å². The van der Waals surface area contributed by atoms with Gasteiger partial charge in [-0.2, -0.15) is 0 Å². The lowest BCUT2D eigenvalue weighted by atomic mass is 10.1. The molecular weight excluding hydrogens is 182 g/mol. The number of allylic oxidation sites excluding steroid dienone is 2. The van der Waals surface area contributed by atoms with Crippen LogP contribution >= 0.6 is 0 Å². The van der Waals surface area contributed by atoms with E-state index in [1.54, 1.807) is 0 Å². The molecule has 1 heteroatoms. The van der Waals surface area contributed by atoms with Gasteiger partial charge in [0.25, 0.3) is 0 Å². The number of rotatable bonds is 10. The maximum atomic E-state index is 5.88. The Morgan fingerprint density at radius 2 is 1.47 bits per heavy atom. The van der Waals surface area contributed by atoms with Crippen LogP contribution in [0, 0.1) is 0 Å². The molecule has 90 valence electrons. The van der Waals surface area contributed by atoms with E-state index < -0.39 is 0 Å². The summed E-state index contributed by atoms with van der Waals surface area (Å²) in [6.45, 7) is 4.46. The first-order valence-corrected chi connectivity index (χ1v) is 6.75. The SMILES string of the molecule is CCC/C=C(/N)CCCCCCCCC. The predicted octanol–water partition coefficient (Wildman–Crippen LogP) is 4.77. The molecule has 0 unspecified atom stereocenters. The molecule has 0 amide bonds. The van der Waals surface area contributed by atoms with Crippen molar-refractivity contribution < 1.29 is 0 Å². The van der Waals surface area contributed by atoms with Crippen LogP contribution in [-0.2, 0) is 0 Å². The van der Waals surface area contributed by atoms with E-state index in [0.717, 1.165) is 18.5 Å². The molecule has 0 aliphatic carbocycles. The first-order chi connectivity index (χ1) is 7.31. The molecule has 0 heterocycles. The van der Waals surface area contributed by atoms with E-state index in [1.807, 2.05) is 0 Å². The summed E-state index contributed by atoms with van der Waals surface area (Å²) >= 11 is 0. The van der Waals surface area contributed by atoms with Gasteiger partial charge in [-0.25, -0.2) is 0 Å². The predicted molar refractivity (Wildman–Crippen MR) is 69.8 cm³/mol. The zero-order valence-corrected chi connectivity index (χ0v) is 10.7. The Bertz CT molecular complexity index is 149. The first kappa shape index (κ1) is 14.5. The van der Waals surface area contributed by atoms with Crippen molar-refractivity contribution in [2.24, 2.45) is 5.73 Å². The summed E-state index contributed by atoms with van der Waals surface area (Å²) in [6, 6.07) is 0. The van der Waals surface area contributed by atoms with Crippen LogP contribution in [0.2, 0.25) is 0 Å². The third-order valence-corrected chi connectivity index (χ3v) is 2.76. The zero-order valence-electron chi connectivity index (χ0n) is 10.7. The molecule has 0 saturated carbocycles. The lowest BCUT2D eigenvalue weighted by Gasteiger charge is -2.02. The average molecular weight is 211 g/mol. The maximum Gasteiger partial charge on any atom is 0.00399 e. The normalized spacial score (nSPS) is 12.0. The van der Waals surface area contributed by atoms with E-state index in [2.05, 4.69) is 19.9 Å². The van der Waals surface area contributed by atoms with Crippen LogP contribution in [0.3, 0.4) is 0 Å². The van der Waals surface area contributed by atoms with E-state index in [9.17, 15) is 0 Å². The highest BCUT2D eigenvalue weighted by molar-refractivity contribution is 4.95. The number of unbranched alkanes of at least 4 members (excludes halogenated alkanes) is 7. The van der Waals surface area contributed by atoms with E-state index in [0.29, 0.717) is 0 Å². The van der Waals surface area contributed by atoms with Gasteiger partial charge < -0.3 is 5.73 Å². The van der Waals surface area contributed by atoms with E-state index in [1.165, 1.54) is 51.4 Å². The molecule has 0 aromatic heterocycles. The molecule has 0 rings (SSSR count). The molecule has 0 radical (unpaired) electrons. The van der Waals surface area contributed by atoms with Gasteiger partial charge in [0.2, 0.25) is 0 Å². The molecule has 0 atom stereocenters. The van der Waals surface area contributed by atoms with Crippen molar-refractivity contribution in [3.63, 3.8) is 0 Å². The van der Waals surface area contributed by atoms with Gasteiger partial charge in [-0.15, -0.1) is 0 Å². The van der Waals surface area contributed by atoms with Gasteiger partial charge in [0.15, 0.2) is 0 Å². The highest BCUT2D eigenvalue weighted by Crippen LogP contribution is 2.10.